The van der Waals surface area contributed by atoms with Gasteiger partial charge in [-0.2, -0.15) is 5.26 Å². The van der Waals surface area contributed by atoms with Gasteiger partial charge in [0.25, 0.3) is 0 Å². The van der Waals surface area contributed by atoms with Crippen LogP contribution in [0.1, 0.15) is 120 Å². The maximum Gasteiger partial charge on any atom is 0.0912 e. The predicted molar refractivity (Wildman–Crippen MR) is 142 cm³/mol. The quantitative estimate of drug-likeness (QED) is 0.178. The predicted octanol–water partition coefficient (Wildman–Crippen LogP) is 9.70. The highest BCUT2D eigenvalue weighted by molar-refractivity contribution is 5.25. The molecule has 2 saturated carbocycles. The Kier molecular flexibility index (Phi) is 11.9. The molecule has 1 heteroatoms. The summed E-state index contributed by atoms with van der Waals surface area (Å²) < 4.78 is 0. The van der Waals surface area contributed by atoms with Crippen LogP contribution in [0.2, 0.25) is 0 Å². The molecule has 0 heterocycles. The molecule has 1 aromatic rings. The van der Waals surface area contributed by atoms with Gasteiger partial charge in [0.05, 0.1) is 6.07 Å². The van der Waals surface area contributed by atoms with Gasteiger partial charge in [-0.3, -0.25) is 0 Å². The van der Waals surface area contributed by atoms with E-state index in [9.17, 15) is 0 Å². The molecule has 0 amide bonds. The van der Waals surface area contributed by atoms with Gasteiger partial charge in [0, 0.05) is 6.08 Å². The average Bonchev–Trinajstić information content (AvgIpc) is 2.86. The molecule has 1 nitrogen and oxygen atoms in total. The fourth-order valence-electron chi connectivity index (χ4n) is 6.31. The Labute approximate surface area is 204 Å². The molecule has 0 aromatic heterocycles. The molecule has 2 aliphatic carbocycles. The summed E-state index contributed by atoms with van der Waals surface area (Å²) in [6.45, 7) is 2.26. The topological polar surface area (TPSA) is 23.8 Å². The van der Waals surface area contributed by atoms with Crippen LogP contribution >= 0.6 is 0 Å². The second kappa shape index (κ2) is 15.2. The summed E-state index contributed by atoms with van der Waals surface area (Å²) in [5.74, 6) is 3.75. The van der Waals surface area contributed by atoms with Gasteiger partial charge in [-0.05, 0) is 79.7 Å². The molecule has 0 N–H and O–H groups in total. The van der Waals surface area contributed by atoms with Crippen molar-refractivity contribution < 1.29 is 0 Å². The largest absolute Gasteiger partial charge is 0.193 e. The molecule has 33 heavy (non-hydrogen) atoms. The average molecular weight is 446 g/mol. The Morgan fingerprint density at radius 2 is 1.36 bits per heavy atom. The molecule has 0 atom stereocenters. The first kappa shape index (κ1) is 25.8. The maximum absolute atomic E-state index is 8.49. The molecule has 0 unspecified atom stereocenters. The van der Waals surface area contributed by atoms with Crippen LogP contribution in [0, 0.1) is 29.1 Å². The van der Waals surface area contributed by atoms with Crippen molar-refractivity contribution in [2.45, 2.75) is 116 Å². The smallest absolute Gasteiger partial charge is 0.0912 e. The van der Waals surface area contributed by atoms with E-state index in [2.05, 4.69) is 37.3 Å². The molecule has 180 valence electrons. The molecule has 0 radical (unpaired) electrons. The summed E-state index contributed by atoms with van der Waals surface area (Å²) >= 11 is 0. The molecule has 0 bridgehead atoms. The number of benzene rings is 1. The molecule has 2 aliphatic rings. The first-order valence-corrected chi connectivity index (χ1v) is 14.1. The van der Waals surface area contributed by atoms with Crippen molar-refractivity contribution in [3.63, 3.8) is 0 Å². The van der Waals surface area contributed by atoms with Gasteiger partial charge >= 0.3 is 0 Å². The van der Waals surface area contributed by atoms with E-state index in [1.807, 2.05) is 18.2 Å². The maximum atomic E-state index is 8.49. The van der Waals surface area contributed by atoms with Crippen LogP contribution in [0.3, 0.4) is 0 Å². The van der Waals surface area contributed by atoms with E-state index >= 15 is 0 Å². The Balaban J connectivity index is 1.21. The second-order valence-electron chi connectivity index (χ2n) is 10.9. The highest BCUT2D eigenvalue weighted by atomic mass is 14.3. The van der Waals surface area contributed by atoms with E-state index in [1.54, 1.807) is 11.6 Å². The standard InChI is InChI=1S/C32H47N/c1-2-10-27-18-22-31(23-19-27)32-24-20-30(21-25-32)13-8-7-12-29-16-14-28(15-17-29)11-6-4-3-5-9-26-33/h3-5,9,18-19,22-23,28-30,32H,2,6-8,10-17,20-21,24-25H2,1H3/b4-3+,9-5+/t28-,29-,30-,32-. The van der Waals surface area contributed by atoms with Crippen LogP contribution in [-0.2, 0) is 6.42 Å². The Bertz CT molecular complexity index is 734. The first-order valence-electron chi connectivity index (χ1n) is 14.1. The van der Waals surface area contributed by atoms with Crippen molar-refractivity contribution in [1.29, 1.82) is 5.26 Å². The number of unbranched alkanes of at least 4 members (excludes halogenated alkanes) is 1. The minimum atomic E-state index is 0.816. The van der Waals surface area contributed by atoms with E-state index in [0.29, 0.717) is 0 Å². The minimum Gasteiger partial charge on any atom is -0.193 e. The minimum absolute atomic E-state index is 0.816. The van der Waals surface area contributed by atoms with Gasteiger partial charge in [-0.25, -0.2) is 0 Å². The lowest BCUT2D eigenvalue weighted by atomic mass is 9.76. The highest BCUT2D eigenvalue weighted by Gasteiger charge is 2.23. The lowest BCUT2D eigenvalue weighted by molar-refractivity contribution is 0.244. The molecule has 3 rings (SSSR count). The summed E-state index contributed by atoms with van der Waals surface area (Å²) in [6.07, 6.45) is 30.0. The number of nitriles is 1. The third-order valence-corrected chi connectivity index (χ3v) is 8.44. The Morgan fingerprint density at radius 1 is 0.788 bits per heavy atom. The Morgan fingerprint density at radius 3 is 1.94 bits per heavy atom. The molecular weight excluding hydrogens is 398 g/mol. The third kappa shape index (κ3) is 9.52. The molecule has 0 spiro atoms. The molecule has 0 saturated heterocycles. The molecule has 2 fully saturated rings. The normalized spacial score (nSPS) is 26.1. The van der Waals surface area contributed by atoms with Gasteiger partial charge in [-0.1, -0.05) is 107 Å². The van der Waals surface area contributed by atoms with Crippen molar-refractivity contribution in [2.75, 3.05) is 0 Å². The summed E-state index contributed by atoms with van der Waals surface area (Å²) in [4.78, 5) is 0. The van der Waals surface area contributed by atoms with Crippen LogP contribution in [0.5, 0.6) is 0 Å². The zero-order chi connectivity index (χ0) is 23.1. The second-order valence-corrected chi connectivity index (χ2v) is 10.9. The number of allylic oxidation sites excluding steroid dienone is 4. The molecule has 0 aliphatic heterocycles. The zero-order valence-corrected chi connectivity index (χ0v) is 21.2. The summed E-state index contributed by atoms with van der Waals surface area (Å²) in [5.41, 5.74) is 3.09. The van der Waals surface area contributed by atoms with Crippen molar-refractivity contribution in [1.82, 2.24) is 0 Å². The fraction of sp³-hybridized carbons (Fsp3) is 0.656. The highest BCUT2D eigenvalue weighted by Crippen LogP contribution is 2.39. The number of hydrogen-bond donors (Lipinski definition) is 0. The van der Waals surface area contributed by atoms with Gasteiger partial charge in [0.2, 0.25) is 0 Å². The van der Waals surface area contributed by atoms with Crippen LogP contribution in [0.4, 0.5) is 0 Å². The van der Waals surface area contributed by atoms with Gasteiger partial charge in [-0.15, -0.1) is 0 Å². The summed E-state index contributed by atoms with van der Waals surface area (Å²) in [6, 6.07) is 11.6. The number of aryl methyl sites for hydroxylation is 1. The lowest BCUT2D eigenvalue weighted by Gasteiger charge is -2.30. The summed E-state index contributed by atoms with van der Waals surface area (Å²) in [7, 11) is 0. The van der Waals surface area contributed by atoms with Crippen molar-refractivity contribution >= 4 is 0 Å². The van der Waals surface area contributed by atoms with E-state index in [0.717, 1.165) is 30.1 Å². The summed E-state index contributed by atoms with van der Waals surface area (Å²) in [5, 5.41) is 8.49. The number of nitrogens with zero attached hydrogens (tertiary/aromatic N) is 1. The monoisotopic (exact) mass is 445 g/mol. The van der Waals surface area contributed by atoms with E-state index in [4.69, 9.17) is 5.26 Å². The van der Waals surface area contributed by atoms with E-state index in [-0.39, 0.29) is 0 Å². The number of rotatable bonds is 12. The van der Waals surface area contributed by atoms with Gasteiger partial charge in [0.1, 0.15) is 0 Å². The fourth-order valence-corrected chi connectivity index (χ4v) is 6.31. The van der Waals surface area contributed by atoms with Gasteiger partial charge < -0.3 is 0 Å². The lowest BCUT2D eigenvalue weighted by Crippen LogP contribution is -2.15. The van der Waals surface area contributed by atoms with Crippen LogP contribution in [-0.4, -0.2) is 0 Å². The first-order chi connectivity index (χ1) is 16.3. The molecular formula is C32H47N. The third-order valence-electron chi connectivity index (χ3n) is 8.44. The van der Waals surface area contributed by atoms with E-state index in [1.165, 1.54) is 102 Å². The zero-order valence-electron chi connectivity index (χ0n) is 21.2. The van der Waals surface area contributed by atoms with Crippen LogP contribution < -0.4 is 0 Å². The molecule has 1 aromatic carbocycles. The van der Waals surface area contributed by atoms with E-state index < -0.39 is 0 Å². The van der Waals surface area contributed by atoms with Crippen LogP contribution in [0.15, 0.2) is 48.6 Å². The SMILES string of the molecule is CCCc1ccc([C@H]2CC[C@H](CCCC[C@H]3CC[C@H](CC/C=C/C=C/C#N)CC3)CC2)cc1. The van der Waals surface area contributed by atoms with Crippen molar-refractivity contribution in [3.8, 4) is 6.07 Å². The van der Waals surface area contributed by atoms with Crippen LogP contribution in [0.25, 0.3) is 0 Å². The number of hydrogen-bond acceptors (Lipinski definition) is 1. The Hall–Kier alpha value is -1.81. The van der Waals surface area contributed by atoms with Crippen molar-refractivity contribution in [2.24, 2.45) is 17.8 Å². The van der Waals surface area contributed by atoms with Gasteiger partial charge in [0.15, 0.2) is 0 Å². The van der Waals surface area contributed by atoms with Crippen molar-refractivity contribution in [3.05, 3.63) is 59.7 Å².